The third-order valence-electron chi connectivity index (χ3n) is 6.69. The average Bonchev–Trinajstić information content (AvgIpc) is 3.23. The Morgan fingerprint density at radius 3 is 2.51 bits per heavy atom. The van der Waals surface area contributed by atoms with E-state index in [4.69, 9.17) is 4.74 Å². The van der Waals surface area contributed by atoms with Crippen LogP contribution in [0.1, 0.15) is 74.5 Å². The minimum atomic E-state index is -1.09. The Balaban J connectivity index is 1.42. The molecule has 0 unspecified atom stereocenters. The van der Waals surface area contributed by atoms with Crippen LogP contribution in [0, 0.1) is 11.3 Å². The van der Waals surface area contributed by atoms with E-state index in [2.05, 4.69) is 27.0 Å². The van der Waals surface area contributed by atoms with Crippen molar-refractivity contribution in [2.75, 3.05) is 0 Å². The molecule has 37 heavy (non-hydrogen) atoms. The zero-order valence-corrected chi connectivity index (χ0v) is 21.5. The molecule has 1 saturated carbocycles. The van der Waals surface area contributed by atoms with E-state index in [-0.39, 0.29) is 11.8 Å². The fourth-order valence-corrected chi connectivity index (χ4v) is 4.82. The van der Waals surface area contributed by atoms with Gasteiger partial charge in [0.05, 0.1) is 6.07 Å². The molecule has 2 heterocycles. The Kier molecular flexibility index (Phi) is 7.48. The quantitative estimate of drug-likeness (QED) is 0.550. The van der Waals surface area contributed by atoms with Crippen molar-refractivity contribution in [2.45, 2.75) is 83.0 Å². The third kappa shape index (κ3) is 6.26. The third-order valence-corrected chi connectivity index (χ3v) is 6.69. The minimum Gasteiger partial charge on any atom is -0.444 e. The molecule has 1 aromatic carbocycles. The van der Waals surface area contributed by atoms with Crippen LogP contribution in [0.4, 0.5) is 4.79 Å². The van der Waals surface area contributed by atoms with Crippen LogP contribution in [0.3, 0.4) is 0 Å². The molecule has 0 radical (unpaired) electrons. The number of ether oxygens (including phenoxy) is 1. The minimum absolute atomic E-state index is 0.155. The number of nitriles is 1. The highest BCUT2D eigenvalue weighted by Crippen LogP contribution is 2.29. The van der Waals surface area contributed by atoms with Gasteiger partial charge in [0.25, 0.3) is 5.91 Å². The normalized spacial score (nSPS) is 17.1. The van der Waals surface area contributed by atoms with Crippen molar-refractivity contribution in [3.63, 3.8) is 0 Å². The maximum absolute atomic E-state index is 13.4. The van der Waals surface area contributed by atoms with Crippen LogP contribution in [-0.2, 0) is 22.5 Å². The summed E-state index contributed by atoms with van der Waals surface area (Å²) in [5.41, 5.74) is 2.30. The van der Waals surface area contributed by atoms with E-state index in [1.165, 1.54) is 0 Å². The largest absolute Gasteiger partial charge is 0.444 e. The summed E-state index contributed by atoms with van der Waals surface area (Å²) in [7, 11) is 0. The average molecular weight is 504 g/mol. The molecule has 194 valence electrons. The molecule has 0 saturated heterocycles. The molecule has 2 aliphatic rings. The van der Waals surface area contributed by atoms with Gasteiger partial charge in [0.1, 0.15) is 22.9 Å². The van der Waals surface area contributed by atoms with Crippen LogP contribution < -0.4 is 16.0 Å². The number of nitrogens with zero attached hydrogens (tertiary/aromatic N) is 2. The molecule has 2 aromatic rings. The first-order valence-corrected chi connectivity index (χ1v) is 12.7. The zero-order chi connectivity index (χ0) is 26.6. The lowest BCUT2D eigenvalue weighted by Gasteiger charge is -2.37. The number of carbonyl (C=O) groups is 3. The molecule has 1 aliphatic carbocycles. The van der Waals surface area contributed by atoms with E-state index in [0.29, 0.717) is 31.5 Å². The molecule has 0 spiro atoms. The number of alkyl carbamates (subject to hydrolysis) is 1. The van der Waals surface area contributed by atoms with Gasteiger partial charge in [-0.05, 0) is 50.8 Å². The van der Waals surface area contributed by atoms with Gasteiger partial charge in [0, 0.05) is 30.3 Å². The second kappa shape index (κ2) is 10.6. The summed E-state index contributed by atoms with van der Waals surface area (Å²) >= 11 is 0. The first-order chi connectivity index (χ1) is 17.6. The summed E-state index contributed by atoms with van der Waals surface area (Å²) in [6.07, 6.45) is 4.99. The molecule has 4 rings (SSSR count). The second-order valence-electron chi connectivity index (χ2n) is 10.7. The standard InChI is InChI=1S/C28H33N5O4/c1-27(2,3)37-26(36)33-28(11-5-4-6-12-28)25(35)32-22(15-29)13-18-7-9-19(10-8-18)20-14-21-17-31-24(34)23(21)30-16-20/h7-10,14,16,22H,4-6,11-13,17H2,1-3H3,(H,31,34)(H,32,35)(H,33,36)/t22-/m0/s1. The Morgan fingerprint density at radius 1 is 1.16 bits per heavy atom. The first-order valence-electron chi connectivity index (χ1n) is 12.7. The van der Waals surface area contributed by atoms with E-state index in [1.807, 2.05) is 30.3 Å². The summed E-state index contributed by atoms with van der Waals surface area (Å²) in [5, 5.41) is 18.2. The SMILES string of the molecule is CC(C)(C)OC(=O)NC1(C(=O)N[C@H](C#N)Cc2ccc(-c3cnc4c(c3)CNC4=O)cc2)CCCCC1. The second-order valence-corrected chi connectivity index (χ2v) is 10.7. The lowest BCUT2D eigenvalue weighted by molar-refractivity contribution is -0.129. The van der Waals surface area contributed by atoms with Crippen LogP contribution in [0.15, 0.2) is 36.5 Å². The van der Waals surface area contributed by atoms with Crippen molar-refractivity contribution in [3.8, 4) is 17.2 Å². The maximum Gasteiger partial charge on any atom is 0.408 e. The van der Waals surface area contributed by atoms with Gasteiger partial charge in [-0.15, -0.1) is 0 Å². The Morgan fingerprint density at radius 2 is 1.86 bits per heavy atom. The van der Waals surface area contributed by atoms with Crippen molar-refractivity contribution in [2.24, 2.45) is 0 Å². The molecule has 1 aliphatic heterocycles. The van der Waals surface area contributed by atoms with Crippen molar-refractivity contribution >= 4 is 17.9 Å². The number of pyridine rings is 1. The number of nitrogens with one attached hydrogen (secondary N) is 3. The highest BCUT2D eigenvalue weighted by Gasteiger charge is 2.42. The highest BCUT2D eigenvalue weighted by molar-refractivity contribution is 5.96. The van der Waals surface area contributed by atoms with Gasteiger partial charge in [0.15, 0.2) is 0 Å². The summed E-state index contributed by atoms with van der Waals surface area (Å²) < 4.78 is 5.40. The summed E-state index contributed by atoms with van der Waals surface area (Å²) in [4.78, 5) is 41.9. The van der Waals surface area contributed by atoms with Gasteiger partial charge in [-0.3, -0.25) is 14.6 Å². The van der Waals surface area contributed by atoms with Gasteiger partial charge in [-0.25, -0.2) is 4.79 Å². The van der Waals surface area contributed by atoms with E-state index in [9.17, 15) is 19.6 Å². The number of benzene rings is 1. The molecular formula is C28H33N5O4. The molecule has 1 fully saturated rings. The van der Waals surface area contributed by atoms with Gasteiger partial charge < -0.3 is 20.7 Å². The number of hydrogen-bond donors (Lipinski definition) is 3. The summed E-state index contributed by atoms with van der Waals surface area (Å²) in [5.74, 6) is -0.508. The van der Waals surface area contributed by atoms with Crippen molar-refractivity contribution in [1.82, 2.24) is 20.9 Å². The first kappa shape index (κ1) is 26.1. The highest BCUT2D eigenvalue weighted by atomic mass is 16.6. The van der Waals surface area contributed by atoms with Gasteiger partial charge >= 0.3 is 6.09 Å². The summed E-state index contributed by atoms with van der Waals surface area (Å²) in [6.45, 7) is 5.80. The predicted octanol–water partition coefficient (Wildman–Crippen LogP) is 3.77. The molecule has 9 heteroatoms. The van der Waals surface area contributed by atoms with Crippen molar-refractivity contribution < 1.29 is 19.1 Å². The maximum atomic E-state index is 13.4. The lowest BCUT2D eigenvalue weighted by Crippen LogP contribution is -2.61. The molecule has 1 aromatic heterocycles. The van der Waals surface area contributed by atoms with E-state index >= 15 is 0 Å². The van der Waals surface area contributed by atoms with E-state index in [0.717, 1.165) is 41.5 Å². The molecule has 0 bridgehead atoms. The molecule has 1 atom stereocenters. The number of rotatable bonds is 6. The Labute approximate surface area is 217 Å². The number of carbonyl (C=O) groups excluding carboxylic acids is 3. The van der Waals surface area contributed by atoms with Crippen molar-refractivity contribution in [1.29, 1.82) is 5.26 Å². The fraction of sp³-hybridized carbons (Fsp3) is 0.464. The molecule has 9 nitrogen and oxygen atoms in total. The van der Waals surface area contributed by atoms with Gasteiger partial charge in [-0.1, -0.05) is 43.5 Å². The fourth-order valence-electron chi connectivity index (χ4n) is 4.82. The Bertz CT molecular complexity index is 1220. The molecule has 3 amide bonds. The zero-order valence-electron chi connectivity index (χ0n) is 21.5. The number of aromatic nitrogens is 1. The van der Waals surface area contributed by atoms with Crippen LogP contribution in [0.25, 0.3) is 11.1 Å². The van der Waals surface area contributed by atoms with E-state index in [1.54, 1.807) is 27.0 Å². The van der Waals surface area contributed by atoms with Crippen LogP contribution in [-0.4, -0.2) is 40.1 Å². The molecule has 3 N–H and O–H groups in total. The van der Waals surface area contributed by atoms with Crippen LogP contribution in [0.5, 0.6) is 0 Å². The van der Waals surface area contributed by atoms with Crippen molar-refractivity contribution in [3.05, 3.63) is 53.3 Å². The molecular weight excluding hydrogens is 470 g/mol. The summed E-state index contributed by atoms with van der Waals surface area (Å²) in [6, 6.07) is 11.1. The number of fused-ring (bicyclic) bond motifs is 1. The lowest BCUT2D eigenvalue weighted by atomic mass is 9.80. The smallest absolute Gasteiger partial charge is 0.408 e. The van der Waals surface area contributed by atoms with Gasteiger partial charge in [-0.2, -0.15) is 5.26 Å². The number of amides is 3. The van der Waals surface area contributed by atoms with Crippen LogP contribution >= 0.6 is 0 Å². The number of hydrogen-bond acceptors (Lipinski definition) is 6. The van der Waals surface area contributed by atoms with E-state index < -0.39 is 23.3 Å². The topological polar surface area (TPSA) is 133 Å². The Hall–Kier alpha value is -3.93. The monoisotopic (exact) mass is 503 g/mol. The predicted molar refractivity (Wildman–Crippen MR) is 137 cm³/mol. The van der Waals surface area contributed by atoms with Gasteiger partial charge in [0.2, 0.25) is 5.91 Å². The van der Waals surface area contributed by atoms with Crippen LogP contribution in [0.2, 0.25) is 0 Å².